The van der Waals surface area contributed by atoms with E-state index in [0.29, 0.717) is 5.41 Å². The van der Waals surface area contributed by atoms with Crippen LogP contribution >= 0.6 is 15.9 Å². The van der Waals surface area contributed by atoms with Gasteiger partial charge in [-0.05, 0) is 18.3 Å². The largest absolute Gasteiger partial charge is 0.381 e. The Hall–Kier alpha value is 0.440. The van der Waals surface area contributed by atoms with E-state index in [0.717, 1.165) is 31.4 Å². The first-order valence-corrected chi connectivity index (χ1v) is 5.32. The Bertz CT molecular complexity index is 86.1. The maximum absolute atomic E-state index is 5.42. The van der Waals surface area contributed by atoms with Crippen molar-refractivity contribution in [1.82, 2.24) is 0 Å². The van der Waals surface area contributed by atoms with Crippen molar-refractivity contribution < 1.29 is 4.74 Å². The first-order valence-electron chi connectivity index (χ1n) is 4.20. The minimum Gasteiger partial charge on any atom is -0.381 e. The van der Waals surface area contributed by atoms with E-state index < -0.39 is 0 Å². The molecule has 0 radical (unpaired) electrons. The molecule has 0 fully saturated rings. The molecule has 1 nitrogen and oxygen atoms in total. The van der Waals surface area contributed by atoms with Gasteiger partial charge < -0.3 is 4.74 Å². The highest BCUT2D eigenvalue weighted by atomic mass is 79.9. The van der Waals surface area contributed by atoms with Gasteiger partial charge in [0, 0.05) is 18.5 Å². The van der Waals surface area contributed by atoms with E-state index in [4.69, 9.17) is 4.74 Å². The van der Waals surface area contributed by atoms with Crippen molar-refractivity contribution in [1.29, 1.82) is 0 Å². The average Bonchev–Trinajstić information content (AvgIpc) is 1.85. The van der Waals surface area contributed by atoms with Crippen LogP contribution in [0.3, 0.4) is 0 Å². The van der Waals surface area contributed by atoms with Gasteiger partial charge in [-0.3, -0.25) is 0 Å². The van der Waals surface area contributed by atoms with Gasteiger partial charge in [0.15, 0.2) is 0 Å². The van der Waals surface area contributed by atoms with E-state index in [1.807, 2.05) is 0 Å². The predicted molar refractivity (Wildman–Crippen MR) is 53.3 cm³/mol. The Labute approximate surface area is 78.6 Å². The summed E-state index contributed by atoms with van der Waals surface area (Å²) < 4.78 is 5.42. The summed E-state index contributed by atoms with van der Waals surface area (Å²) in [6.45, 7) is 8.50. The molecule has 11 heavy (non-hydrogen) atoms. The first-order chi connectivity index (χ1) is 5.06. The molecule has 0 aliphatic carbocycles. The van der Waals surface area contributed by atoms with E-state index >= 15 is 0 Å². The van der Waals surface area contributed by atoms with Gasteiger partial charge in [-0.25, -0.2) is 0 Å². The Morgan fingerprint density at radius 2 is 1.82 bits per heavy atom. The van der Waals surface area contributed by atoms with Crippen molar-refractivity contribution >= 4 is 15.9 Å². The third kappa shape index (κ3) is 10.4. The van der Waals surface area contributed by atoms with Crippen molar-refractivity contribution in [2.45, 2.75) is 33.6 Å². The molecule has 0 spiro atoms. The van der Waals surface area contributed by atoms with Crippen LogP contribution in [0.25, 0.3) is 0 Å². The lowest BCUT2D eigenvalue weighted by molar-refractivity contribution is 0.109. The molecule has 0 aromatic carbocycles. The molecule has 0 N–H and O–H groups in total. The van der Waals surface area contributed by atoms with E-state index in [1.165, 1.54) is 0 Å². The molecular formula is C9H19BrO. The SMILES string of the molecule is CC(C)(C)CCOCCCBr. The Balaban J connectivity index is 3.02. The summed E-state index contributed by atoms with van der Waals surface area (Å²) in [6.07, 6.45) is 2.26. The lowest BCUT2D eigenvalue weighted by atomic mass is 9.93. The highest BCUT2D eigenvalue weighted by Crippen LogP contribution is 2.17. The molecule has 2 heteroatoms. The Morgan fingerprint density at radius 3 is 2.27 bits per heavy atom. The van der Waals surface area contributed by atoms with Crippen LogP contribution < -0.4 is 0 Å². The molecule has 0 unspecified atom stereocenters. The van der Waals surface area contributed by atoms with Crippen molar-refractivity contribution in [2.75, 3.05) is 18.5 Å². The van der Waals surface area contributed by atoms with Crippen molar-refractivity contribution in [3.05, 3.63) is 0 Å². The average molecular weight is 223 g/mol. The van der Waals surface area contributed by atoms with Crippen LogP contribution in [0.2, 0.25) is 0 Å². The fourth-order valence-electron chi connectivity index (χ4n) is 0.637. The maximum atomic E-state index is 5.42. The van der Waals surface area contributed by atoms with Crippen LogP contribution in [0.4, 0.5) is 0 Å². The molecule has 0 heterocycles. The van der Waals surface area contributed by atoms with Crippen LogP contribution in [0.5, 0.6) is 0 Å². The van der Waals surface area contributed by atoms with E-state index in [1.54, 1.807) is 0 Å². The predicted octanol–water partition coefficient (Wildman–Crippen LogP) is 3.22. The Kier molecular flexibility index (Phi) is 6.25. The van der Waals surface area contributed by atoms with Gasteiger partial charge in [0.2, 0.25) is 0 Å². The first kappa shape index (κ1) is 11.4. The van der Waals surface area contributed by atoms with Gasteiger partial charge in [-0.15, -0.1) is 0 Å². The second-order valence-corrected chi connectivity index (χ2v) is 4.76. The van der Waals surface area contributed by atoms with Crippen molar-refractivity contribution in [3.63, 3.8) is 0 Å². The zero-order valence-electron chi connectivity index (χ0n) is 7.82. The van der Waals surface area contributed by atoms with E-state index in [9.17, 15) is 0 Å². The summed E-state index contributed by atoms with van der Waals surface area (Å²) in [5, 5.41) is 1.04. The topological polar surface area (TPSA) is 9.23 Å². The summed E-state index contributed by atoms with van der Waals surface area (Å²) >= 11 is 3.36. The zero-order chi connectivity index (χ0) is 8.74. The molecule has 0 aliphatic heterocycles. The van der Waals surface area contributed by atoms with Crippen LogP contribution in [0, 0.1) is 5.41 Å². The lowest BCUT2D eigenvalue weighted by Gasteiger charge is -2.17. The summed E-state index contributed by atoms with van der Waals surface area (Å²) in [5.74, 6) is 0. The normalized spacial score (nSPS) is 12.0. The number of alkyl halides is 1. The highest BCUT2D eigenvalue weighted by molar-refractivity contribution is 9.09. The van der Waals surface area contributed by atoms with Crippen LogP contribution in [-0.4, -0.2) is 18.5 Å². The van der Waals surface area contributed by atoms with Crippen molar-refractivity contribution in [2.24, 2.45) is 5.41 Å². The van der Waals surface area contributed by atoms with Gasteiger partial charge in [0.25, 0.3) is 0 Å². The fourth-order valence-corrected chi connectivity index (χ4v) is 0.866. The quantitative estimate of drug-likeness (QED) is 0.513. The third-order valence-corrected chi connectivity index (χ3v) is 1.98. The van der Waals surface area contributed by atoms with Crippen molar-refractivity contribution in [3.8, 4) is 0 Å². The summed E-state index contributed by atoms with van der Waals surface area (Å²) in [5.41, 5.74) is 0.411. The highest BCUT2D eigenvalue weighted by Gasteiger charge is 2.08. The summed E-state index contributed by atoms with van der Waals surface area (Å²) in [7, 11) is 0. The number of hydrogen-bond donors (Lipinski definition) is 0. The second-order valence-electron chi connectivity index (χ2n) is 3.97. The molecule has 0 atom stereocenters. The summed E-state index contributed by atoms with van der Waals surface area (Å²) in [6, 6.07) is 0. The molecule has 0 bridgehead atoms. The van der Waals surface area contributed by atoms with Gasteiger partial charge in [-0.2, -0.15) is 0 Å². The van der Waals surface area contributed by atoms with Gasteiger partial charge >= 0.3 is 0 Å². The maximum Gasteiger partial charge on any atom is 0.0474 e. The number of halogens is 1. The minimum absolute atomic E-state index is 0.411. The van der Waals surface area contributed by atoms with Gasteiger partial charge in [-0.1, -0.05) is 36.7 Å². The van der Waals surface area contributed by atoms with E-state index in [2.05, 4.69) is 36.7 Å². The molecule has 0 saturated carbocycles. The molecule has 0 aliphatic rings. The second kappa shape index (κ2) is 6.01. The monoisotopic (exact) mass is 222 g/mol. The van der Waals surface area contributed by atoms with Crippen LogP contribution in [0.15, 0.2) is 0 Å². The molecule has 0 saturated heterocycles. The minimum atomic E-state index is 0.411. The molecule has 0 aromatic rings. The van der Waals surface area contributed by atoms with Crippen LogP contribution in [-0.2, 0) is 4.74 Å². The van der Waals surface area contributed by atoms with Gasteiger partial charge in [0.1, 0.15) is 0 Å². The third-order valence-electron chi connectivity index (χ3n) is 1.42. The number of rotatable bonds is 5. The Morgan fingerprint density at radius 1 is 1.18 bits per heavy atom. The smallest absolute Gasteiger partial charge is 0.0474 e. The number of ether oxygens (including phenoxy) is 1. The zero-order valence-corrected chi connectivity index (χ0v) is 9.41. The van der Waals surface area contributed by atoms with Crippen LogP contribution in [0.1, 0.15) is 33.6 Å². The summed E-state index contributed by atoms with van der Waals surface area (Å²) in [4.78, 5) is 0. The molecule has 68 valence electrons. The number of hydrogen-bond acceptors (Lipinski definition) is 1. The molecule has 0 rings (SSSR count). The van der Waals surface area contributed by atoms with Gasteiger partial charge in [0.05, 0.1) is 0 Å². The lowest BCUT2D eigenvalue weighted by Crippen LogP contribution is -2.10. The molecule has 0 amide bonds. The fraction of sp³-hybridized carbons (Fsp3) is 1.00. The molecule has 0 aromatic heterocycles. The standard InChI is InChI=1S/C9H19BrO/c1-9(2,3)5-8-11-7-4-6-10/h4-8H2,1-3H3. The molecular weight excluding hydrogens is 204 g/mol. The van der Waals surface area contributed by atoms with E-state index in [-0.39, 0.29) is 0 Å².